The van der Waals surface area contributed by atoms with Gasteiger partial charge in [-0.05, 0) is 59.9 Å². The number of carbonyl (C=O) groups is 1. The monoisotopic (exact) mass is 378 g/mol. The third-order valence-corrected chi connectivity index (χ3v) is 6.58. The first-order chi connectivity index (χ1) is 13.3. The van der Waals surface area contributed by atoms with Crippen LogP contribution in [0.3, 0.4) is 0 Å². The summed E-state index contributed by atoms with van der Waals surface area (Å²) in [6.45, 7) is 2.64. The van der Waals surface area contributed by atoms with E-state index in [0.717, 1.165) is 55.3 Å². The Morgan fingerprint density at radius 1 is 1.33 bits per heavy atom. The molecule has 0 bridgehead atoms. The number of thiazole rings is 1. The number of rotatable bonds is 3. The van der Waals surface area contributed by atoms with Gasteiger partial charge in [0.1, 0.15) is 10.8 Å². The summed E-state index contributed by atoms with van der Waals surface area (Å²) in [6.07, 6.45) is 12.8. The van der Waals surface area contributed by atoms with Crippen molar-refractivity contribution in [3.8, 4) is 0 Å². The first kappa shape index (κ1) is 16.7. The van der Waals surface area contributed by atoms with Gasteiger partial charge < -0.3 is 10.2 Å². The maximum atomic E-state index is 12.6. The number of aromatic nitrogens is 2. The standard InChI is InChI=1S/C21H22N4OS/c26-19(4-3-14-8-15-2-1-5-22-20(15)24-11-14)25-12-17-9-16(10-18(17)13-25)21-23-6-7-27-21/h3-4,6-9,11,17-18H,1-2,5,10,12-13H2,(H,22,24)/b4-3+. The van der Waals surface area contributed by atoms with Gasteiger partial charge in [-0.25, -0.2) is 9.97 Å². The molecule has 1 N–H and O–H groups in total. The maximum Gasteiger partial charge on any atom is 0.246 e. The Kier molecular flexibility index (Phi) is 4.28. The molecule has 27 heavy (non-hydrogen) atoms. The Bertz CT molecular complexity index is 918. The molecule has 0 aromatic carbocycles. The average molecular weight is 379 g/mol. The van der Waals surface area contributed by atoms with Gasteiger partial charge in [-0.15, -0.1) is 11.3 Å². The molecule has 4 heterocycles. The van der Waals surface area contributed by atoms with Crippen LogP contribution in [0, 0.1) is 11.8 Å². The van der Waals surface area contributed by atoms with Crippen molar-refractivity contribution < 1.29 is 4.79 Å². The first-order valence-corrected chi connectivity index (χ1v) is 10.4. The van der Waals surface area contributed by atoms with Crippen molar-refractivity contribution in [2.45, 2.75) is 19.3 Å². The predicted molar refractivity (Wildman–Crippen MR) is 108 cm³/mol. The van der Waals surface area contributed by atoms with Gasteiger partial charge in [-0.3, -0.25) is 4.79 Å². The van der Waals surface area contributed by atoms with E-state index in [-0.39, 0.29) is 5.91 Å². The summed E-state index contributed by atoms with van der Waals surface area (Å²) in [6, 6.07) is 2.14. The van der Waals surface area contributed by atoms with Crippen LogP contribution in [0.5, 0.6) is 0 Å². The number of nitrogens with zero attached hydrogens (tertiary/aromatic N) is 3. The zero-order valence-corrected chi connectivity index (χ0v) is 15.9. The topological polar surface area (TPSA) is 58.1 Å². The number of aryl methyl sites for hydroxylation is 1. The van der Waals surface area contributed by atoms with Crippen LogP contribution in [0.4, 0.5) is 5.82 Å². The van der Waals surface area contributed by atoms with E-state index < -0.39 is 0 Å². The largest absolute Gasteiger partial charge is 0.370 e. The fraction of sp³-hybridized carbons (Fsp3) is 0.381. The summed E-state index contributed by atoms with van der Waals surface area (Å²) < 4.78 is 0. The second kappa shape index (κ2) is 6.93. The lowest BCUT2D eigenvalue weighted by Crippen LogP contribution is -2.27. The average Bonchev–Trinajstić information content (AvgIpc) is 3.41. The number of allylic oxidation sites excluding steroid dienone is 1. The van der Waals surface area contributed by atoms with Gasteiger partial charge in [0.15, 0.2) is 0 Å². The fourth-order valence-electron chi connectivity index (χ4n) is 4.36. The Hall–Kier alpha value is -2.47. The number of hydrogen-bond acceptors (Lipinski definition) is 5. The number of pyridine rings is 1. The molecule has 5 rings (SSSR count). The summed E-state index contributed by atoms with van der Waals surface area (Å²) >= 11 is 1.70. The van der Waals surface area contributed by atoms with E-state index in [9.17, 15) is 4.79 Å². The van der Waals surface area contributed by atoms with Crippen molar-refractivity contribution >= 4 is 34.7 Å². The Morgan fingerprint density at radius 3 is 3.15 bits per heavy atom. The molecule has 3 aliphatic rings. The van der Waals surface area contributed by atoms with E-state index in [4.69, 9.17) is 0 Å². The molecule has 138 valence electrons. The Morgan fingerprint density at radius 2 is 2.30 bits per heavy atom. The van der Waals surface area contributed by atoms with E-state index >= 15 is 0 Å². The van der Waals surface area contributed by atoms with Gasteiger partial charge in [0, 0.05) is 43.5 Å². The second-order valence-corrected chi connectivity index (χ2v) is 8.44. The van der Waals surface area contributed by atoms with Crippen molar-refractivity contribution in [3.05, 3.63) is 52.1 Å². The number of anilines is 1. The maximum absolute atomic E-state index is 12.6. The lowest BCUT2D eigenvalue weighted by molar-refractivity contribution is -0.125. The SMILES string of the molecule is O=C(/C=C/c1cnc2c(c1)CCCN2)N1CC2C=C(c3nccs3)CC2C1. The summed E-state index contributed by atoms with van der Waals surface area (Å²) in [4.78, 5) is 23.5. The molecular weight excluding hydrogens is 356 g/mol. The van der Waals surface area contributed by atoms with E-state index in [2.05, 4.69) is 27.4 Å². The van der Waals surface area contributed by atoms with Crippen molar-refractivity contribution in [1.82, 2.24) is 14.9 Å². The van der Waals surface area contributed by atoms with Crippen molar-refractivity contribution in [2.75, 3.05) is 25.0 Å². The molecule has 1 amide bonds. The van der Waals surface area contributed by atoms with Gasteiger partial charge in [0.25, 0.3) is 0 Å². The molecule has 0 saturated carbocycles. The van der Waals surface area contributed by atoms with Crippen LogP contribution in [0.1, 0.15) is 29.0 Å². The normalized spacial score (nSPS) is 23.9. The van der Waals surface area contributed by atoms with Gasteiger partial charge >= 0.3 is 0 Å². The Balaban J connectivity index is 1.23. The van der Waals surface area contributed by atoms with Crippen LogP contribution in [0.2, 0.25) is 0 Å². The summed E-state index contributed by atoms with van der Waals surface area (Å²) in [5.74, 6) is 2.10. The van der Waals surface area contributed by atoms with Crippen molar-refractivity contribution in [2.24, 2.45) is 11.8 Å². The molecule has 2 atom stereocenters. The fourth-order valence-corrected chi connectivity index (χ4v) is 5.03. The summed E-state index contributed by atoms with van der Waals surface area (Å²) in [7, 11) is 0. The molecule has 2 aliphatic heterocycles. The van der Waals surface area contributed by atoms with Crippen molar-refractivity contribution in [1.29, 1.82) is 0 Å². The second-order valence-electron chi connectivity index (χ2n) is 7.54. The minimum atomic E-state index is 0.101. The van der Waals surface area contributed by atoms with E-state index in [1.165, 1.54) is 11.1 Å². The van der Waals surface area contributed by atoms with Crippen LogP contribution >= 0.6 is 11.3 Å². The van der Waals surface area contributed by atoms with Crippen molar-refractivity contribution in [3.63, 3.8) is 0 Å². The van der Waals surface area contributed by atoms with Gasteiger partial charge in [0.2, 0.25) is 5.91 Å². The minimum absolute atomic E-state index is 0.101. The third-order valence-electron chi connectivity index (χ3n) is 5.73. The van der Waals surface area contributed by atoms with Gasteiger partial charge in [0.05, 0.1) is 0 Å². The summed E-state index contributed by atoms with van der Waals surface area (Å²) in [5.41, 5.74) is 3.60. The van der Waals surface area contributed by atoms with Crippen LogP contribution < -0.4 is 5.32 Å². The Labute approximate surface area is 162 Å². The molecule has 2 aromatic rings. The van der Waals surface area contributed by atoms with E-state index in [1.54, 1.807) is 17.4 Å². The molecule has 2 aromatic heterocycles. The van der Waals surface area contributed by atoms with E-state index in [0.29, 0.717) is 11.8 Å². The molecule has 5 nitrogen and oxygen atoms in total. The van der Waals surface area contributed by atoms with Crippen LogP contribution in [0.15, 0.2) is 36.0 Å². The number of likely N-dealkylation sites (tertiary alicyclic amines) is 1. The molecule has 1 saturated heterocycles. The van der Waals surface area contributed by atoms with Gasteiger partial charge in [-0.1, -0.05) is 6.08 Å². The lowest BCUT2D eigenvalue weighted by Gasteiger charge is -2.17. The van der Waals surface area contributed by atoms with Crippen LogP contribution in [0.25, 0.3) is 11.6 Å². The molecule has 1 fully saturated rings. The number of amides is 1. The van der Waals surface area contributed by atoms with Gasteiger partial charge in [-0.2, -0.15) is 0 Å². The highest BCUT2D eigenvalue weighted by molar-refractivity contribution is 7.10. The highest BCUT2D eigenvalue weighted by Crippen LogP contribution is 2.41. The number of carbonyl (C=O) groups excluding carboxylic acids is 1. The zero-order chi connectivity index (χ0) is 18.2. The highest BCUT2D eigenvalue weighted by atomic mass is 32.1. The summed E-state index contributed by atoms with van der Waals surface area (Å²) in [5, 5.41) is 6.48. The smallest absolute Gasteiger partial charge is 0.246 e. The number of nitrogens with one attached hydrogen (secondary N) is 1. The minimum Gasteiger partial charge on any atom is -0.370 e. The molecular formula is C21H22N4OS. The van der Waals surface area contributed by atoms with Crippen LogP contribution in [-0.4, -0.2) is 40.4 Å². The number of fused-ring (bicyclic) bond motifs is 2. The molecule has 6 heteroatoms. The van der Waals surface area contributed by atoms with Crippen LogP contribution in [-0.2, 0) is 11.2 Å². The highest BCUT2D eigenvalue weighted by Gasteiger charge is 2.38. The van der Waals surface area contributed by atoms with E-state index in [1.807, 2.05) is 28.7 Å². The quantitative estimate of drug-likeness (QED) is 0.831. The first-order valence-electron chi connectivity index (χ1n) is 9.56. The molecule has 0 radical (unpaired) electrons. The molecule has 2 unspecified atom stereocenters. The predicted octanol–water partition coefficient (Wildman–Crippen LogP) is 3.47. The third kappa shape index (κ3) is 3.30. The zero-order valence-electron chi connectivity index (χ0n) is 15.1. The molecule has 1 aliphatic carbocycles. The lowest BCUT2D eigenvalue weighted by atomic mass is 10.00. The molecule has 0 spiro atoms. The number of hydrogen-bond donors (Lipinski definition) is 1.